The second-order valence-electron chi connectivity index (χ2n) is 5.57. The van der Waals surface area contributed by atoms with E-state index in [-0.39, 0.29) is 0 Å². The van der Waals surface area contributed by atoms with Crippen LogP contribution in [0.2, 0.25) is 0 Å². The molecule has 2 aromatic carbocycles. The van der Waals surface area contributed by atoms with Crippen molar-refractivity contribution in [2.45, 2.75) is 23.0 Å². The number of rotatable bonds is 6. The number of nitrogens with one attached hydrogen (secondary N) is 1. The Morgan fingerprint density at radius 3 is 1.89 bits per heavy atom. The first-order chi connectivity index (χ1) is 12.7. The minimum Gasteiger partial charge on any atom is -0.406 e. The lowest BCUT2D eigenvalue weighted by atomic mass is 9.93. The molecule has 0 aromatic heterocycles. The van der Waals surface area contributed by atoms with E-state index in [1.807, 2.05) is 0 Å². The number of ether oxygens (including phenoxy) is 1. The van der Waals surface area contributed by atoms with Gasteiger partial charge in [0.15, 0.2) is 5.60 Å². The first-order valence-corrected chi connectivity index (χ1v) is 8.93. The lowest BCUT2D eigenvalue weighted by Gasteiger charge is -2.31. The fourth-order valence-corrected chi connectivity index (χ4v) is 3.24. The predicted octanol–water partition coefficient (Wildman–Crippen LogP) is 3.31. The smallest absolute Gasteiger partial charge is 0.406 e. The minimum absolute atomic E-state index is 0.584. The van der Waals surface area contributed by atoms with Gasteiger partial charge in [0.1, 0.15) is 5.75 Å². The standard InChI is InChI=1S/C16H13F6NO4S/c17-15(18,19)14(24,11-4-2-1-3-5-11)10-23-28(25,26)13-8-6-12(7-9-13)27-16(20,21)22/h1-9,23-24H,10H2/t14-/m1/s1. The molecule has 0 heterocycles. The van der Waals surface area contributed by atoms with E-state index < -0.39 is 50.9 Å². The van der Waals surface area contributed by atoms with E-state index in [4.69, 9.17) is 0 Å². The lowest BCUT2D eigenvalue weighted by Crippen LogP contribution is -2.51. The molecule has 0 saturated heterocycles. The van der Waals surface area contributed by atoms with Crippen LogP contribution in [0.3, 0.4) is 0 Å². The van der Waals surface area contributed by atoms with Gasteiger partial charge in [0.2, 0.25) is 10.0 Å². The van der Waals surface area contributed by atoms with Crippen LogP contribution in [0, 0.1) is 0 Å². The van der Waals surface area contributed by atoms with Crippen LogP contribution in [0.5, 0.6) is 5.75 Å². The summed E-state index contributed by atoms with van der Waals surface area (Å²) >= 11 is 0. The molecule has 0 bridgehead atoms. The molecule has 2 aromatic rings. The molecule has 0 aliphatic carbocycles. The average Bonchev–Trinajstić information content (AvgIpc) is 2.58. The van der Waals surface area contributed by atoms with Crippen LogP contribution in [0.1, 0.15) is 5.56 Å². The van der Waals surface area contributed by atoms with Crippen LogP contribution in [-0.2, 0) is 15.6 Å². The van der Waals surface area contributed by atoms with Crippen LogP contribution >= 0.6 is 0 Å². The Kier molecular flexibility index (Phi) is 5.97. The largest absolute Gasteiger partial charge is 0.573 e. The monoisotopic (exact) mass is 429 g/mol. The van der Waals surface area contributed by atoms with Gasteiger partial charge in [-0.25, -0.2) is 13.1 Å². The summed E-state index contributed by atoms with van der Waals surface area (Å²) in [5.74, 6) is -0.706. The number of halogens is 6. The summed E-state index contributed by atoms with van der Waals surface area (Å²) in [6.07, 6.45) is -10.2. The van der Waals surface area contributed by atoms with Crippen molar-refractivity contribution in [1.82, 2.24) is 4.72 Å². The molecule has 0 fully saturated rings. The molecule has 0 saturated carbocycles. The highest BCUT2D eigenvalue weighted by Crippen LogP contribution is 2.38. The van der Waals surface area contributed by atoms with Crippen LogP contribution in [0.25, 0.3) is 0 Å². The molecule has 0 spiro atoms. The SMILES string of the molecule is O=S(=O)(NC[C@@](O)(c1ccccc1)C(F)(F)F)c1ccc(OC(F)(F)F)cc1. The second-order valence-corrected chi connectivity index (χ2v) is 7.33. The number of alkyl halides is 6. The summed E-state index contributed by atoms with van der Waals surface area (Å²) in [6.45, 7) is -1.44. The number of benzene rings is 2. The van der Waals surface area contributed by atoms with Crippen LogP contribution in [-0.4, -0.2) is 32.6 Å². The number of hydrogen-bond donors (Lipinski definition) is 2. The Morgan fingerprint density at radius 1 is 0.893 bits per heavy atom. The van der Waals surface area contributed by atoms with E-state index in [9.17, 15) is 39.9 Å². The van der Waals surface area contributed by atoms with E-state index >= 15 is 0 Å². The third-order valence-electron chi connectivity index (χ3n) is 3.61. The molecule has 12 heteroatoms. The lowest BCUT2D eigenvalue weighted by molar-refractivity contribution is -0.274. The van der Waals surface area contributed by atoms with Gasteiger partial charge in [0.25, 0.3) is 0 Å². The highest BCUT2D eigenvalue weighted by Gasteiger charge is 2.55. The van der Waals surface area contributed by atoms with Crippen LogP contribution in [0.15, 0.2) is 59.5 Å². The topological polar surface area (TPSA) is 75.6 Å². The van der Waals surface area contributed by atoms with Crippen molar-refractivity contribution < 1.29 is 44.6 Å². The molecule has 2 rings (SSSR count). The normalized spacial score (nSPS) is 15.1. The first kappa shape index (κ1) is 22.0. The molecular weight excluding hydrogens is 416 g/mol. The van der Waals surface area contributed by atoms with Gasteiger partial charge < -0.3 is 9.84 Å². The van der Waals surface area contributed by atoms with Gasteiger partial charge in [-0.2, -0.15) is 13.2 Å². The molecule has 0 radical (unpaired) electrons. The zero-order valence-corrected chi connectivity index (χ0v) is 14.6. The second kappa shape index (κ2) is 7.60. The molecule has 0 aliphatic heterocycles. The van der Waals surface area contributed by atoms with E-state index in [0.29, 0.717) is 12.1 Å². The highest BCUT2D eigenvalue weighted by molar-refractivity contribution is 7.89. The van der Waals surface area contributed by atoms with E-state index in [1.54, 1.807) is 4.72 Å². The molecule has 0 amide bonds. The summed E-state index contributed by atoms with van der Waals surface area (Å²) in [6, 6.07) is 8.66. The Hall–Kier alpha value is -2.31. The Morgan fingerprint density at radius 2 is 1.43 bits per heavy atom. The van der Waals surface area contributed by atoms with Crippen LogP contribution < -0.4 is 9.46 Å². The zero-order chi connectivity index (χ0) is 21.2. The van der Waals surface area contributed by atoms with Crippen molar-refractivity contribution in [3.8, 4) is 5.75 Å². The molecule has 0 unspecified atom stereocenters. The quantitative estimate of drug-likeness (QED) is 0.691. The molecule has 0 aliphatic rings. The first-order valence-electron chi connectivity index (χ1n) is 7.45. The average molecular weight is 429 g/mol. The molecule has 5 nitrogen and oxygen atoms in total. The Labute approximate surface area is 155 Å². The molecule has 1 atom stereocenters. The van der Waals surface area contributed by atoms with Crippen molar-refractivity contribution in [1.29, 1.82) is 0 Å². The summed E-state index contributed by atoms with van der Waals surface area (Å²) < 4.78 is 106. The van der Waals surface area contributed by atoms with Gasteiger partial charge >= 0.3 is 12.5 Å². The van der Waals surface area contributed by atoms with Gasteiger partial charge in [-0.1, -0.05) is 30.3 Å². The maximum absolute atomic E-state index is 13.4. The summed E-state index contributed by atoms with van der Waals surface area (Å²) in [5, 5.41) is 10.1. The fraction of sp³-hybridized carbons (Fsp3) is 0.250. The molecule has 2 N–H and O–H groups in total. The fourth-order valence-electron chi connectivity index (χ4n) is 2.18. The highest BCUT2D eigenvalue weighted by atomic mass is 32.2. The minimum atomic E-state index is -5.21. The van der Waals surface area contributed by atoms with Crippen LogP contribution in [0.4, 0.5) is 26.3 Å². The zero-order valence-electron chi connectivity index (χ0n) is 13.8. The predicted molar refractivity (Wildman–Crippen MR) is 84.7 cm³/mol. The van der Waals surface area contributed by atoms with Crippen molar-refractivity contribution in [2.24, 2.45) is 0 Å². The molecule has 28 heavy (non-hydrogen) atoms. The number of hydrogen-bond acceptors (Lipinski definition) is 4. The van der Waals surface area contributed by atoms with Gasteiger partial charge in [-0.3, -0.25) is 0 Å². The van der Waals surface area contributed by atoms with Crippen molar-refractivity contribution >= 4 is 10.0 Å². The van der Waals surface area contributed by atoms with Gasteiger partial charge in [0.05, 0.1) is 11.4 Å². The summed E-state index contributed by atoms with van der Waals surface area (Å²) in [7, 11) is -4.57. The van der Waals surface area contributed by atoms with Crippen molar-refractivity contribution in [3.05, 3.63) is 60.2 Å². The summed E-state index contributed by atoms with van der Waals surface area (Å²) in [4.78, 5) is -0.611. The number of aliphatic hydroxyl groups is 1. The van der Waals surface area contributed by atoms with E-state index in [0.717, 1.165) is 24.3 Å². The van der Waals surface area contributed by atoms with Crippen molar-refractivity contribution in [2.75, 3.05) is 6.54 Å². The third-order valence-corrected chi connectivity index (χ3v) is 5.02. The van der Waals surface area contributed by atoms with E-state index in [2.05, 4.69) is 4.74 Å². The van der Waals surface area contributed by atoms with Gasteiger partial charge in [-0.15, -0.1) is 13.2 Å². The van der Waals surface area contributed by atoms with E-state index in [1.165, 1.54) is 18.2 Å². The van der Waals surface area contributed by atoms with Crippen molar-refractivity contribution in [3.63, 3.8) is 0 Å². The molecular formula is C16H13F6NO4S. The molecule has 154 valence electrons. The third kappa shape index (κ3) is 5.14. The maximum Gasteiger partial charge on any atom is 0.573 e. The van der Waals surface area contributed by atoms with Gasteiger partial charge in [0, 0.05) is 0 Å². The summed E-state index contributed by atoms with van der Waals surface area (Å²) in [5.41, 5.74) is -4.10. The maximum atomic E-state index is 13.4. The van der Waals surface area contributed by atoms with Gasteiger partial charge in [-0.05, 0) is 29.8 Å². The number of sulfonamides is 1. The Balaban J connectivity index is 2.23. The Bertz CT molecular complexity index is 897.